The molecule has 2 heterocycles. The van der Waals surface area contributed by atoms with Gasteiger partial charge in [-0.1, -0.05) is 26.0 Å². The molecule has 1 aliphatic rings. The van der Waals surface area contributed by atoms with E-state index in [9.17, 15) is 4.79 Å². The lowest BCUT2D eigenvalue weighted by atomic mass is 9.95. The predicted octanol–water partition coefficient (Wildman–Crippen LogP) is 5.31. The number of aromatic nitrogens is 1. The highest BCUT2D eigenvalue weighted by Crippen LogP contribution is 2.27. The average Bonchev–Trinajstić information content (AvgIpc) is 3.16. The van der Waals surface area contributed by atoms with Gasteiger partial charge in [0.05, 0.1) is 10.3 Å². The van der Waals surface area contributed by atoms with Crippen LogP contribution in [0.15, 0.2) is 53.9 Å². The Labute approximate surface area is 170 Å². The SMILES string of the molecule is CCc1ccnc(CCc2ccc(C(=O)NC3=C(C)C=CC(C)C3Cl)s2)c1. The summed E-state index contributed by atoms with van der Waals surface area (Å²) in [7, 11) is 0. The Kier molecular flexibility index (Phi) is 6.51. The van der Waals surface area contributed by atoms with Gasteiger partial charge in [0.25, 0.3) is 5.91 Å². The lowest BCUT2D eigenvalue weighted by molar-refractivity contribution is 0.0967. The summed E-state index contributed by atoms with van der Waals surface area (Å²) in [6, 6.07) is 8.15. The monoisotopic (exact) mass is 400 g/mol. The molecule has 2 aromatic heterocycles. The Balaban J connectivity index is 1.63. The number of nitrogens with one attached hydrogen (secondary N) is 1. The maximum Gasteiger partial charge on any atom is 0.265 e. The molecule has 2 unspecified atom stereocenters. The van der Waals surface area contributed by atoms with E-state index in [4.69, 9.17) is 11.6 Å². The minimum atomic E-state index is -0.199. The minimum absolute atomic E-state index is 0.0835. The van der Waals surface area contributed by atoms with Crippen molar-refractivity contribution in [2.45, 2.75) is 45.4 Å². The van der Waals surface area contributed by atoms with Gasteiger partial charge in [-0.3, -0.25) is 9.78 Å². The summed E-state index contributed by atoms with van der Waals surface area (Å²) < 4.78 is 0. The number of amides is 1. The Morgan fingerprint density at radius 3 is 2.89 bits per heavy atom. The smallest absolute Gasteiger partial charge is 0.265 e. The van der Waals surface area contributed by atoms with Gasteiger partial charge < -0.3 is 5.32 Å². The number of hydrogen-bond donors (Lipinski definition) is 1. The molecule has 1 N–H and O–H groups in total. The highest BCUT2D eigenvalue weighted by atomic mass is 35.5. The molecule has 0 bridgehead atoms. The van der Waals surface area contributed by atoms with E-state index in [2.05, 4.69) is 42.4 Å². The highest BCUT2D eigenvalue weighted by Gasteiger charge is 2.24. The summed E-state index contributed by atoms with van der Waals surface area (Å²) in [4.78, 5) is 19.0. The molecule has 0 aliphatic heterocycles. The van der Waals surface area contributed by atoms with E-state index < -0.39 is 0 Å². The molecule has 0 aromatic carbocycles. The van der Waals surface area contributed by atoms with E-state index in [1.807, 2.05) is 31.3 Å². The minimum Gasteiger partial charge on any atom is -0.323 e. The molecule has 5 heteroatoms. The van der Waals surface area contributed by atoms with Gasteiger partial charge in [0.15, 0.2) is 0 Å². The van der Waals surface area contributed by atoms with Gasteiger partial charge >= 0.3 is 0 Å². The van der Waals surface area contributed by atoms with Crippen molar-refractivity contribution in [3.63, 3.8) is 0 Å². The van der Waals surface area contributed by atoms with Crippen molar-refractivity contribution in [3.8, 4) is 0 Å². The number of aryl methyl sites for hydroxylation is 3. The first-order valence-electron chi connectivity index (χ1n) is 9.34. The summed E-state index contributed by atoms with van der Waals surface area (Å²) in [5, 5.41) is 2.82. The van der Waals surface area contributed by atoms with Crippen molar-refractivity contribution in [2.75, 3.05) is 0 Å². The molecule has 27 heavy (non-hydrogen) atoms. The molecular weight excluding hydrogens is 376 g/mol. The molecule has 0 spiro atoms. The van der Waals surface area contributed by atoms with Gasteiger partial charge in [0.1, 0.15) is 0 Å². The molecule has 1 amide bonds. The molecule has 142 valence electrons. The number of rotatable bonds is 6. The predicted molar refractivity (Wildman–Crippen MR) is 113 cm³/mol. The van der Waals surface area contributed by atoms with E-state index in [-0.39, 0.29) is 17.2 Å². The summed E-state index contributed by atoms with van der Waals surface area (Å²) in [5.41, 5.74) is 4.23. The topological polar surface area (TPSA) is 42.0 Å². The summed E-state index contributed by atoms with van der Waals surface area (Å²) >= 11 is 8.02. The Bertz CT molecular complexity index is 884. The number of pyridine rings is 1. The number of hydrogen-bond acceptors (Lipinski definition) is 3. The van der Waals surface area contributed by atoms with Crippen LogP contribution in [-0.2, 0) is 19.3 Å². The Hall–Kier alpha value is -1.91. The molecule has 2 atom stereocenters. The normalized spacial score (nSPS) is 19.4. The first kappa shape index (κ1) is 19.8. The van der Waals surface area contributed by atoms with Gasteiger partial charge in [-0.2, -0.15) is 0 Å². The van der Waals surface area contributed by atoms with Gasteiger partial charge in [0.2, 0.25) is 0 Å². The van der Waals surface area contributed by atoms with Crippen LogP contribution < -0.4 is 5.32 Å². The molecule has 0 fully saturated rings. The summed E-state index contributed by atoms with van der Waals surface area (Å²) in [6.45, 7) is 6.18. The Morgan fingerprint density at radius 1 is 1.30 bits per heavy atom. The van der Waals surface area contributed by atoms with Crippen molar-refractivity contribution in [2.24, 2.45) is 5.92 Å². The maximum atomic E-state index is 12.7. The molecule has 0 saturated carbocycles. The van der Waals surface area contributed by atoms with Crippen LogP contribution in [-0.4, -0.2) is 16.3 Å². The van der Waals surface area contributed by atoms with Crippen molar-refractivity contribution >= 4 is 28.8 Å². The molecule has 0 radical (unpaired) electrons. The number of nitrogens with zero attached hydrogens (tertiary/aromatic N) is 1. The second-order valence-electron chi connectivity index (χ2n) is 6.95. The average molecular weight is 401 g/mol. The molecule has 1 aliphatic carbocycles. The van der Waals surface area contributed by atoms with Crippen LogP contribution in [0.2, 0.25) is 0 Å². The quantitative estimate of drug-likeness (QED) is 0.668. The highest BCUT2D eigenvalue weighted by molar-refractivity contribution is 7.14. The van der Waals surface area contributed by atoms with Crippen LogP contribution in [0.4, 0.5) is 0 Å². The number of thiophene rings is 1. The molecule has 3 rings (SSSR count). The van der Waals surface area contributed by atoms with Crippen LogP contribution in [0.3, 0.4) is 0 Å². The van der Waals surface area contributed by atoms with E-state index in [0.29, 0.717) is 4.88 Å². The fourth-order valence-electron chi connectivity index (χ4n) is 3.09. The number of halogens is 1. The van der Waals surface area contributed by atoms with E-state index in [1.165, 1.54) is 21.8 Å². The largest absolute Gasteiger partial charge is 0.323 e. The first-order chi connectivity index (χ1) is 13.0. The summed E-state index contributed by atoms with van der Waals surface area (Å²) in [6.07, 6.45) is 8.76. The van der Waals surface area contributed by atoms with Crippen LogP contribution in [0, 0.1) is 5.92 Å². The van der Waals surface area contributed by atoms with E-state index in [0.717, 1.165) is 36.2 Å². The van der Waals surface area contributed by atoms with Crippen LogP contribution in [0.5, 0.6) is 0 Å². The lowest BCUT2D eigenvalue weighted by Gasteiger charge is -2.24. The van der Waals surface area contributed by atoms with Crippen LogP contribution in [0.25, 0.3) is 0 Å². The lowest BCUT2D eigenvalue weighted by Crippen LogP contribution is -2.32. The third-order valence-corrected chi connectivity index (χ3v) is 6.62. The number of carbonyl (C=O) groups excluding carboxylic acids is 1. The van der Waals surface area contributed by atoms with Crippen molar-refractivity contribution < 1.29 is 4.79 Å². The Morgan fingerprint density at radius 2 is 2.11 bits per heavy atom. The molecule has 2 aromatic rings. The maximum absolute atomic E-state index is 12.7. The second-order valence-corrected chi connectivity index (χ2v) is 8.58. The van der Waals surface area contributed by atoms with E-state index >= 15 is 0 Å². The molecule has 0 saturated heterocycles. The second kappa shape index (κ2) is 8.85. The first-order valence-corrected chi connectivity index (χ1v) is 10.6. The van der Waals surface area contributed by atoms with Gasteiger partial charge in [-0.05, 0) is 67.5 Å². The molecule has 3 nitrogen and oxygen atoms in total. The fourth-order valence-corrected chi connectivity index (χ4v) is 4.30. The van der Waals surface area contributed by atoms with Crippen molar-refractivity contribution in [3.05, 3.63) is 74.9 Å². The number of allylic oxidation sites excluding steroid dienone is 4. The van der Waals surface area contributed by atoms with E-state index in [1.54, 1.807) is 0 Å². The summed E-state index contributed by atoms with van der Waals surface area (Å²) in [5.74, 6) is 0.121. The van der Waals surface area contributed by atoms with Crippen molar-refractivity contribution in [1.29, 1.82) is 0 Å². The van der Waals surface area contributed by atoms with Gasteiger partial charge in [-0.15, -0.1) is 22.9 Å². The third kappa shape index (κ3) is 4.88. The third-order valence-electron chi connectivity index (χ3n) is 4.86. The van der Waals surface area contributed by atoms with Crippen LogP contribution >= 0.6 is 22.9 Å². The van der Waals surface area contributed by atoms with Crippen molar-refractivity contribution in [1.82, 2.24) is 10.3 Å². The van der Waals surface area contributed by atoms with Crippen LogP contribution in [0.1, 0.15) is 46.6 Å². The number of alkyl halides is 1. The van der Waals surface area contributed by atoms with Gasteiger partial charge in [0, 0.05) is 22.5 Å². The van der Waals surface area contributed by atoms with Gasteiger partial charge in [-0.25, -0.2) is 0 Å². The fraction of sp³-hybridized carbons (Fsp3) is 0.364. The molecular formula is C22H25ClN2OS. The zero-order chi connectivity index (χ0) is 19.4. The number of carbonyl (C=O) groups is 1. The zero-order valence-electron chi connectivity index (χ0n) is 16.0. The zero-order valence-corrected chi connectivity index (χ0v) is 17.5. The standard InChI is InChI=1S/C22H25ClN2OS/c1-4-16-11-12-24-17(13-16)7-8-18-9-10-19(27-18)22(26)25-21-15(3)6-5-14(2)20(21)23/h5-6,9-14,20H,4,7-8H2,1-3H3,(H,25,26).